The summed E-state index contributed by atoms with van der Waals surface area (Å²) in [6, 6.07) is 7.94. The van der Waals surface area contributed by atoms with Crippen LogP contribution < -0.4 is 5.32 Å². The van der Waals surface area contributed by atoms with Crippen LogP contribution >= 0.6 is 0 Å². The minimum atomic E-state index is -0.805. The van der Waals surface area contributed by atoms with Crippen LogP contribution in [0.3, 0.4) is 0 Å². The Hall–Kier alpha value is -1.39. The van der Waals surface area contributed by atoms with Crippen LogP contribution in [0.25, 0.3) is 0 Å². The molecule has 0 saturated carbocycles. The fourth-order valence-electron chi connectivity index (χ4n) is 2.14. The Morgan fingerprint density at radius 2 is 1.89 bits per heavy atom. The zero-order valence-electron chi connectivity index (χ0n) is 12.2. The quantitative estimate of drug-likeness (QED) is 0.605. The number of ether oxygens (including phenoxy) is 2. The third-order valence-corrected chi connectivity index (χ3v) is 3.34. The van der Waals surface area contributed by atoms with Crippen LogP contribution in [0.15, 0.2) is 24.3 Å². The summed E-state index contributed by atoms with van der Waals surface area (Å²) in [7, 11) is 3.05. The van der Waals surface area contributed by atoms with Crippen LogP contribution in [0.5, 0.6) is 0 Å². The van der Waals surface area contributed by atoms with Gasteiger partial charge in [0.1, 0.15) is 5.54 Å². The van der Waals surface area contributed by atoms with Crippen molar-refractivity contribution in [1.82, 2.24) is 5.32 Å². The highest BCUT2D eigenvalue weighted by atomic mass is 16.5. The van der Waals surface area contributed by atoms with Crippen LogP contribution in [0.1, 0.15) is 24.5 Å². The van der Waals surface area contributed by atoms with Gasteiger partial charge in [0.15, 0.2) is 0 Å². The van der Waals surface area contributed by atoms with Crippen molar-refractivity contribution in [1.29, 1.82) is 0 Å². The summed E-state index contributed by atoms with van der Waals surface area (Å²) in [4.78, 5) is 12.2. The molecule has 0 aromatic heterocycles. The van der Waals surface area contributed by atoms with Crippen molar-refractivity contribution in [3.8, 4) is 0 Å². The van der Waals surface area contributed by atoms with Crippen LogP contribution in [-0.4, -0.2) is 33.3 Å². The molecule has 0 saturated heterocycles. The first-order valence-electron chi connectivity index (χ1n) is 6.50. The molecule has 0 heterocycles. The van der Waals surface area contributed by atoms with Crippen molar-refractivity contribution in [3.63, 3.8) is 0 Å². The summed E-state index contributed by atoms with van der Waals surface area (Å²) in [6.07, 6.45) is 0.618. The molecular formula is C15H23NO3. The second-order valence-corrected chi connectivity index (χ2v) is 4.54. The van der Waals surface area contributed by atoms with E-state index in [0.717, 1.165) is 11.1 Å². The van der Waals surface area contributed by atoms with Gasteiger partial charge in [-0.25, -0.2) is 4.79 Å². The lowest BCUT2D eigenvalue weighted by Gasteiger charge is -2.31. The summed E-state index contributed by atoms with van der Waals surface area (Å²) in [5.41, 5.74) is 1.28. The summed E-state index contributed by atoms with van der Waals surface area (Å²) in [5.74, 6) is -0.269. The number of hydrogen-bond acceptors (Lipinski definition) is 4. The van der Waals surface area contributed by atoms with Crippen LogP contribution in [0.4, 0.5) is 0 Å². The first-order chi connectivity index (χ1) is 9.10. The largest absolute Gasteiger partial charge is 0.467 e. The lowest BCUT2D eigenvalue weighted by atomic mass is 9.86. The standard InChI is InChI=1S/C15H23NO3/c1-5-15(14(17)19-4,16-10-11-18-3)13-8-6-12(2)7-9-13/h6-9,16H,5,10-11H2,1-4H3. The van der Waals surface area contributed by atoms with E-state index in [-0.39, 0.29) is 5.97 Å². The molecule has 0 aliphatic rings. The second kappa shape index (κ2) is 7.26. The molecular weight excluding hydrogens is 242 g/mol. The maximum atomic E-state index is 12.2. The Morgan fingerprint density at radius 1 is 1.26 bits per heavy atom. The lowest BCUT2D eigenvalue weighted by Crippen LogP contribution is -2.50. The first-order valence-corrected chi connectivity index (χ1v) is 6.50. The van der Waals surface area contributed by atoms with Gasteiger partial charge in [-0.05, 0) is 18.9 Å². The molecule has 1 atom stereocenters. The van der Waals surface area contributed by atoms with Crippen molar-refractivity contribution in [2.24, 2.45) is 0 Å². The third-order valence-electron chi connectivity index (χ3n) is 3.34. The second-order valence-electron chi connectivity index (χ2n) is 4.54. The molecule has 0 amide bonds. The third kappa shape index (κ3) is 3.55. The van der Waals surface area contributed by atoms with E-state index >= 15 is 0 Å². The fourth-order valence-corrected chi connectivity index (χ4v) is 2.14. The topological polar surface area (TPSA) is 47.6 Å². The van der Waals surface area contributed by atoms with Gasteiger partial charge in [-0.15, -0.1) is 0 Å². The van der Waals surface area contributed by atoms with E-state index in [1.54, 1.807) is 7.11 Å². The van der Waals surface area contributed by atoms with Crippen molar-refractivity contribution >= 4 is 5.97 Å². The number of hydrogen-bond donors (Lipinski definition) is 1. The normalized spacial score (nSPS) is 13.9. The molecule has 0 bridgehead atoms. The summed E-state index contributed by atoms with van der Waals surface area (Å²) >= 11 is 0. The number of esters is 1. The summed E-state index contributed by atoms with van der Waals surface area (Å²) < 4.78 is 10.0. The maximum Gasteiger partial charge on any atom is 0.330 e. The Bertz CT molecular complexity index is 402. The number of nitrogens with one attached hydrogen (secondary N) is 1. The number of aryl methyl sites for hydroxylation is 1. The van der Waals surface area contributed by atoms with Gasteiger partial charge >= 0.3 is 5.97 Å². The molecule has 1 unspecified atom stereocenters. The Morgan fingerprint density at radius 3 is 2.37 bits per heavy atom. The van der Waals surface area contributed by atoms with E-state index in [0.29, 0.717) is 19.6 Å². The fraction of sp³-hybridized carbons (Fsp3) is 0.533. The Balaban J connectivity index is 3.08. The summed E-state index contributed by atoms with van der Waals surface area (Å²) in [6.45, 7) is 5.13. The minimum absolute atomic E-state index is 0.269. The van der Waals surface area contributed by atoms with E-state index in [4.69, 9.17) is 9.47 Å². The molecule has 1 aromatic carbocycles. The average molecular weight is 265 g/mol. The lowest BCUT2D eigenvalue weighted by molar-refractivity contribution is -0.149. The zero-order valence-corrected chi connectivity index (χ0v) is 12.2. The molecule has 4 heteroatoms. The van der Waals surface area contributed by atoms with Gasteiger partial charge < -0.3 is 9.47 Å². The van der Waals surface area contributed by atoms with Crippen molar-refractivity contribution < 1.29 is 14.3 Å². The SMILES string of the molecule is CCC(NCCOC)(C(=O)OC)c1ccc(C)cc1. The summed E-state index contributed by atoms with van der Waals surface area (Å²) in [5, 5.41) is 3.27. The molecule has 4 nitrogen and oxygen atoms in total. The molecule has 0 aliphatic heterocycles. The first kappa shape index (κ1) is 15.7. The number of carbonyl (C=O) groups is 1. The van der Waals surface area contributed by atoms with Gasteiger partial charge in [-0.2, -0.15) is 0 Å². The number of benzene rings is 1. The van der Waals surface area contributed by atoms with Gasteiger partial charge in [0.25, 0.3) is 0 Å². The minimum Gasteiger partial charge on any atom is -0.467 e. The Labute approximate surface area is 115 Å². The van der Waals surface area contributed by atoms with Crippen molar-refractivity contribution in [2.45, 2.75) is 25.8 Å². The smallest absolute Gasteiger partial charge is 0.330 e. The molecule has 0 spiro atoms. The van der Waals surface area contributed by atoms with E-state index in [1.807, 2.05) is 38.1 Å². The zero-order chi connectivity index (χ0) is 14.3. The van der Waals surface area contributed by atoms with Crippen LogP contribution in [-0.2, 0) is 19.8 Å². The average Bonchev–Trinajstić information content (AvgIpc) is 2.44. The van der Waals surface area contributed by atoms with Gasteiger partial charge in [-0.3, -0.25) is 5.32 Å². The van der Waals surface area contributed by atoms with Crippen LogP contribution in [0, 0.1) is 6.92 Å². The number of carbonyl (C=O) groups excluding carboxylic acids is 1. The molecule has 1 N–H and O–H groups in total. The van der Waals surface area contributed by atoms with E-state index in [2.05, 4.69) is 5.32 Å². The van der Waals surface area contributed by atoms with E-state index < -0.39 is 5.54 Å². The predicted octanol–water partition coefficient (Wildman–Crippen LogP) is 2.01. The molecule has 106 valence electrons. The number of methoxy groups -OCH3 is 2. The highest BCUT2D eigenvalue weighted by Crippen LogP contribution is 2.27. The Kier molecular flexibility index (Phi) is 5.99. The maximum absolute atomic E-state index is 12.2. The van der Waals surface area contributed by atoms with E-state index in [9.17, 15) is 4.79 Å². The van der Waals surface area contributed by atoms with Crippen molar-refractivity contribution in [2.75, 3.05) is 27.4 Å². The molecule has 1 rings (SSSR count). The molecule has 0 fully saturated rings. The highest BCUT2D eigenvalue weighted by molar-refractivity contribution is 5.82. The van der Waals surface area contributed by atoms with Gasteiger partial charge in [-0.1, -0.05) is 36.8 Å². The highest BCUT2D eigenvalue weighted by Gasteiger charge is 2.39. The van der Waals surface area contributed by atoms with Gasteiger partial charge in [0, 0.05) is 13.7 Å². The molecule has 0 aliphatic carbocycles. The molecule has 1 aromatic rings. The number of rotatable bonds is 7. The van der Waals surface area contributed by atoms with Gasteiger partial charge in [0.2, 0.25) is 0 Å². The monoisotopic (exact) mass is 265 g/mol. The van der Waals surface area contributed by atoms with E-state index in [1.165, 1.54) is 7.11 Å². The molecule has 0 radical (unpaired) electrons. The van der Waals surface area contributed by atoms with Gasteiger partial charge in [0.05, 0.1) is 13.7 Å². The predicted molar refractivity (Wildman–Crippen MR) is 75.0 cm³/mol. The van der Waals surface area contributed by atoms with Crippen LogP contribution in [0.2, 0.25) is 0 Å². The molecule has 19 heavy (non-hydrogen) atoms. The van der Waals surface area contributed by atoms with Crippen molar-refractivity contribution in [3.05, 3.63) is 35.4 Å².